The molecule has 2 aromatic carbocycles. The van der Waals surface area contributed by atoms with E-state index in [4.69, 9.17) is 0 Å². The van der Waals surface area contributed by atoms with Gasteiger partial charge in [-0.25, -0.2) is 0 Å². The van der Waals surface area contributed by atoms with Gasteiger partial charge in [-0.1, -0.05) is 0 Å². The van der Waals surface area contributed by atoms with E-state index in [1.54, 1.807) is 22.3 Å². The van der Waals surface area contributed by atoms with Crippen molar-refractivity contribution in [3.05, 3.63) is 80.2 Å². The summed E-state index contributed by atoms with van der Waals surface area (Å²) >= 11 is -2.67. The molecule has 0 N–H and O–H groups in total. The summed E-state index contributed by atoms with van der Waals surface area (Å²) in [7, 11) is 0. The molecule has 1 saturated heterocycles. The molecule has 3 aliphatic rings. The van der Waals surface area contributed by atoms with Crippen molar-refractivity contribution < 1.29 is 43.4 Å². The standard InChI is InChI=1S/C21H25.C5H5.C4H12Si2.2ClH.Zr/c1-20(2,3)16-7-9-18-14(12-16)11-15-13-17(21(4,5)6)8-10-19(15)18;1-2-4-5-3-1;1-5(2)6(3)4;;;/h7-13H,1-6H3;1-3H,4H2;1-4H3;2*1H;/q;;;;;+2/p-2. The van der Waals surface area contributed by atoms with E-state index in [0.29, 0.717) is 0 Å². The number of allylic oxidation sites excluding steroid dienone is 4. The van der Waals surface area contributed by atoms with Crippen LogP contribution in [0.2, 0.25) is 26.2 Å². The topological polar surface area (TPSA) is 0 Å². The minimum atomic E-state index is -2.67. The van der Waals surface area contributed by atoms with Gasteiger partial charge in [0.2, 0.25) is 0 Å². The molecule has 1 heterocycles. The van der Waals surface area contributed by atoms with Gasteiger partial charge in [-0.3, -0.25) is 0 Å². The Morgan fingerprint density at radius 2 is 1.14 bits per heavy atom. The summed E-state index contributed by atoms with van der Waals surface area (Å²) < 4.78 is 0.244. The molecule has 5 heteroatoms. The number of rotatable bonds is 2. The van der Waals surface area contributed by atoms with Crippen LogP contribution >= 0.6 is 0 Å². The Kier molecular flexibility index (Phi) is 7.51. The van der Waals surface area contributed by atoms with Gasteiger partial charge in [0, 0.05) is 0 Å². The van der Waals surface area contributed by atoms with Crippen molar-refractivity contribution in [3.63, 3.8) is 0 Å². The zero-order chi connectivity index (χ0) is 24.2. The van der Waals surface area contributed by atoms with Crippen LogP contribution in [0.3, 0.4) is 0 Å². The number of halogens is 2. The average Bonchev–Trinajstić information content (AvgIpc) is 3.19. The van der Waals surface area contributed by atoms with Gasteiger partial charge in [0.15, 0.2) is 0 Å². The molecule has 0 aromatic heterocycles. The fourth-order valence-electron chi connectivity index (χ4n) is 7.47. The van der Waals surface area contributed by atoms with Crippen molar-refractivity contribution in [3.8, 4) is 11.1 Å². The van der Waals surface area contributed by atoms with Gasteiger partial charge < -0.3 is 24.8 Å². The fraction of sp³-hybridized carbons (Fsp3) is 0.467. The van der Waals surface area contributed by atoms with E-state index < -0.39 is 28.0 Å². The molecule has 0 unspecified atom stereocenters. The number of benzene rings is 2. The van der Waals surface area contributed by atoms with Crippen LogP contribution in [-0.2, 0) is 29.4 Å². The molecule has 5 rings (SSSR count). The third kappa shape index (κ3) is 3.89. The molecular weight excluding hydrogens is 579 g/mol. The van der Waals surface area contributed by atoms with Crippen LogP contribution < -0.4 is 24.8 Å². The summed E-state index contributed by atoms with van der Waals surface area (Å²) in [5.74, 6) is 0. The maximum absolute atomic E-state index is 2.81. The Hall–Kier alpha value is -0.183. The maximum Gasteiger partial charge on any atom is -1.00 e. The van der Waals surface area contributed by atoms with Crippen molar-refractivity contribution in [1.29, 1.82) is 0 Å². The summed E-state index contributed by atoms with van der Waals surface area (Å²) in [6, 6.07) is 15.1. The zero-order valence-electron chi connectivity index (χ0n) is 23.2. The van der Waals surface area contributed by atoms with Crippen LogP contribution in [-0.4, -0.2) is 9.44 Å². The Labute approximate surface area is 231 Å². The number of hydrogen-bond donors (Lipinski definition) is 0. The first-order chi connectivity index (χ1) is 15.2. The second-order valence-electron chi connectivity index (χ2n) is 13.9. The average molecular weight is 621 g/mol. The van der Waals surface area contributed by atoms with Crippen LogP contribution in [0.25, 0.3) is 11.1 Å². The van der Waals surface area contributed by atoms with Crippen LogP contribution in [0, 0.1) is 0 Å². The Balaban J connectivity index is 0.00000171. The Morgan fingerprint density at radius 1 is 0.714 bits per heavy atom. The predicted octanol–water partition coefficient (Wildman–Crippen LogP) is 2.86. The van der Waals surface area contributed by atoms with Crippen LogP contribution in [0.1, 0.15) is 73.8 Å². The van der Waals surface area contributed by atoms with E-state index in [1.165, 1.54) is 17.5 Å². The van der Waals surface area contributed by atoms with Crippen molar-refractivity contribution in [2.45, 2.75) is 88.6 Å². The molecule has 0 saturated carbocycles. The molecular formula is C30H42Cl2Si2Zr. The summed E-state index contributed by atoms with van der Waals surface area (Å²) in [5, 5.41) is 0. The van der Waals surface area contributed by atoms with Gasteiger partial charge in [0.05, 0.1) is 0 Å². The normalized spacial score (nSPS) is 20.0. The van der Waals surface area contributed by atoms with Crippen molar-refractivity contribution in [2.24, 2.45) is 0 Å². The number of fused-ring (bicyclic) bond motifs is 3. The third-order valence-electron chi connectivity index (χ3n) is 9.93. The first-order valence-corrected chi connectivity index (χ1v) is 29.8. The first-order valence-electron chi connectivity index (χ1n) is 12.8. The molecule has 0 amide bonds. The molecule has 0 nitrogen and oxygen atoms in total. The molecule has 188 valence electrons. The van der Waals surface area contributed by atoms with E-state index in [9.17, 15) is 0 Å². The van der Waals surface area contributed by atoms with Crippen molar-refractivity contribution >= 4 is 9.44 Å². The molecule has 0 atom stereocenters. The minimum Gasteiger partial charge on any atom is -1.00 e. The summed E-state index contributed by atoms with van der Waals surface area (Å²) in [5.41, 5.74) is 9.91. The van der Waals surface area contributed by atoms with E-state index >= 15 is 0 Å². The van der Waals surface area contributed by atoms with E-state index in [1.807, 2.05) is 3.28 Å². The molecule has 1 fully saturated rings. The van der Waals surface area contributed by atoms with Gasteiger partial charge in [-0.15, -0.1) is 0 Å². The van der Waals surface area contributed by atoms with Crippen LogP contribution in [0.4, 0.5) is 0 Å². The molecule has 0 spiro atoms. The smallest absolute Gasteiger partial charge is 1.00 e. The molecule has 1 aliphatic heterocycles. The van der Waals surface area contributed by atoms with E-state index in [-0.39, 0.29) is 35.6 Å². The van der Waals surface area contributed by atoms with E-state index in [2.05, 4.69) is 122 Å². The fourth-order valence-corrected chi connectivity index (χ4v) is 171. The zero-order valence-corrected chi connectivity index (χ0v) is 29.2. The SMILES string of the molecule is CC(C)(C)c1ccc2c(c1)[CH]([Zr+2]1([C]3=CC=CC3)[Si](C)(C)[Si]1(C)C)c1cc(C(C)(C)C)ccc1-2.[Cl-].[Cl-]. The maximum atomic E-state index is 2.81. The van der Waals surface area contributed by atoms with Gasteiger partial charge >= 0.3 is 208 Å². The molecule has 0 radical (unpaired) electrons. The second kappa shape index (κ2) is 8.94. The summed E-state index contributed by atoms with van der Waals surface area (Å²) in [6.45, 7) is 25.5. The quantitative estimate of drug-likeness (QED) is 0.454. The van der Waals surface area contributed by atoms with Gasteiger partial charge in [-0.2, -0.15) is 0 Å². The minimum absolute atomic E-state index is 0. The molecule has 35 heavy (non-hydrogen) atoms. The second-order valence-corrected chi connectivity index (χ2v) is 73.0. The molecule has 0 bridgehead atoms. The first kappa shape index (κ1) is 29.4. The number of hydrogen-bond acceptors (Lipinski definition) is 0. The Morgan fingerprint density at radius 3 is 1.46 bits per heavy atom. The monoisotopic (exact) mass is 618 g/mol. The third-order valence-corrected chi connectivity index (χ3v) is 123. The predicted molar refractivity (Wildman–Crippen MR) is 148 cm³/mol. The van der Waals surface area contributed by atoms with Crippen LogP contribution in [0.5, 0.6) is 0 Å². The van der Waals surface area contributed by atoms with E-state index in [0.717, 1.165) is 3.63 Å². The summed E-state index contributed by atoms with van der Waals surface area (Å²) in [4.78, 5) is 0. The van der Waals surface area contributed by atoms with Crippen molar-refractivity contribution in [1.82, 2.24) is 0 Å². The Bertz CT molecular complexity index is 1150. The van der Waals surface area contributed by atoms with Crippen LogP contribution in [0.15, 0.2) is 57.9 Å². The molecule has 2 aromatic rings. The van der Waals surface area contributed by atoms with Crippen molar-refractivity contribution in [2.75, 3.05) is 0 Å². The largest absolute Gasteiger partial charge is 1.00 e. The summed E-state index contributed by atoms with van der Waals surface area (Å²) in [6.07, 6.45) is 8.69. The van der Waals surface area contributed by atoms with Gasteiger partial charge in [0.25, 0.3) is 0 Å². The van der Waals surface area contributed by atoms with Gasteiger partial charge in [0.1, 0.15) is 0 Å². The van der Waals surface area contributed by atoms with Gasteiger partial charge in [-0.05, 0) is 0 Å². The molecule has 2 aliphatic carbocycles.